The molecule has 0 radical (unpaired) electrons. The van der Waals surface area contributed by atoms with E-state index in [1.165, 1.54) is 0 Å². The Morgan fingerprint density at radius 3 is 2.26 bits per heavy atom. The van der Waals surface area contributed by atoms with E-state index in [-0.39, 0.29) is 17.8 Å². The van der Waals surface area contributed by atoms with Crippen molar-refractivity contribution in [1.82, 2.24) is 5.32 Å². The van der Waals surface area contributed by atoms with Gasteiger partial charge in [-0.2, -0.15) is 0 Å². The normalized spacial score (nSPS) is 27.7. The minimum atomic E-state index is -0.606. The highest BCUT2D eigenvalue weighted by atomic mass is 16.5. The zero-order valence-electron chi connectivity index (χ0n) is 14.3. The van der Waals surface area contributed by atoms with Crippen molar-refractivity contribution in [1.29, 1.82) is 0 Å². The zero-order chi connectivity index (χ0) is 16.8. The Kier molecular flexibility index (Phi) is 3.96. The Hall–Kier alpha value is -1.81. The molecule has 1 aromatic rings. The molecule has 0 unspecified atom stereocenters. The molecule has 1 spiro atoms. The highest BCUT2D eigenvalue weighted by molar-refractivity contribution is 6.24. The van der Waals surface area contributed by atoms with Gasteiger partial charge in [-0.1, -0.05) is 17.7 Å². The SMILES string of the molecule is CO[C@H]1CC[C@]2(CC1)NC(=O)C(c1c(C)cc(C)cc1C)=C2O. The van der Waals surface area contributed by atoms with Gasteiger partial charge in [0, 0.05) is 7.11 Å². The highest BCUT2D eigenvalue weighted by Crippen LogP contribution is 2.43. The number of carbonyl (C=O) groups excluding carboxylic acids is 1. The Balaban J connectivity index is 2.04. The number of nitrogens with one attached hydrogen (secondary N) is 1. The molecule has 0 aromatic heterocycles. The number of rotatable bonds is 2. The molecule has 124 valence electrons. The van der Waals surface area contributed by atoms with Crippen molar-refractivity contribution in [3.8, 4) is 0 Å². The van der Waals surface area contributed by atoms with E-state index < -0.39 is 5.54 Å². The number of aryl methyl sites for hydroxylation is 3. The molecule has 0 atom stereocenters. The first kappa shape index (κ1) is 16.1. The van der Waals surface area contributed by atoms with Crippen LogP contribution in [-0.2, 0) is 9.53 Å². The number of aliphatic hydroxyl groups is 1. The molecule has 1 saturated carbocycles. The summed E-state index contributed by atoms with van der Waals surface area (Å²) >= 11 is 0. The van der Waals surface area contributed by atoms with Crippen LogP contribution in [-0.4, -0.2) is 29.8 Å². The fraction of sp³-hybridized carbons (Fsp3) is 0.526. The molecule has 0 saturated heterocycles. The lowest BCUT2D eigenvalue weighted by Crippen LogP contribution is -2.48. The summed E-state index contributed by atoms with van der Waals surface area (Å²) in [5.74, 6) is 0.0560. The summed E-state index contributed by atoms with van der Waals surface area (Å²) in [5.41, 5.74) is 3.94. The predicted octanol–water partition coefficient (Wildman–Crippen LogP) is 3.34. The summed E-state index contributed by atoms with van der Waals surface area (Å²) in [6.07, 6.45) is 3.35. The zero-order valence-corrected chi connectivity index (χ0v) is 14.3. The quantitative estimate of drug-likeness (QED) is 0.880. The van der Waals surface area contributed by atoms with Gasteiger partial charge in [-0.3, -0.25) is 4.79 Å². The number of ether oxygens (including phenoxy) is 1. The molecule has 0 bridgehead atoms. The molecular weight excluding hydrogens is 290 g/mol. The smallest absolute Gasteiger partial charge is 0.256 e. The molecule has 1 amide bonds. The lowest BCUT2D eigenvalue weighted by Gasteiger charge is -2.36. The van der Waals surface area contributed by atoms with Gasteiger partial charge < -0.3 is 15.2 Å². The van der Waals surface area contributed by atoms with Crippen LogP contribution in [0.2, 0.25) is 0 Å². The third-order valence-corrected chi connectivity index (χ3v) is 5.32. The Labute approximate surface area is 137 Å². The van der Waals surface area contributed by atoms with Crippen LogP contribution >= 0.6 is 0 Å². The van der Waals surface area contributed by atoms with Gasteiger partial charge in [-0.05, 0) is 63.1 Å². The van der Waals surface area contributed by atoms with Crippen LogP contribution in [0.1, 0.15) is 47.9 Å². The summed E-state index contributed by atoms with van der Waals surface area (Å²) in [5, 5.41) is 14.0. The minimum absolute atomic E-state index is 0.159. The molecule has 3 rings (SSSR count). The van der Waals surface area contributed by atoms with E-state index in [4.69, 9.17) is 4.74 Å². The highest BCUT2D eigenvalue weighted by Gasteiger charge is 2.48. The van der Waals surface area contributed by atoms with E-state index in [0.717, 1.165) is 47.9 Å². The lowest BCUT2D eigenvalue weighted by molar-refractivity contribution is -0.116. The van der Waals surface area contributed by atoms with E-state index in [1.54, 1.807) is 7.11 Å². The van der Waals surface area contributed by atoms with Crippen LogP contribution in [0.3, 0.4) is 0 Å². The number of carbonyl (C=O) groups is 1. The Morgan fingerprint density at radius 2 is 1.74 bits per heavy atom. The monoisotopic (exact) mass is 315 g/mol. The number of benzene rings is 1. The topological polar surface area (TPSA) is 58.6 Å². The van der Waals surface area contributed by atoms with Gasteiger partial charge in [0.05, 0.1) is 17.2 Å². The lowest BCUT2D eigenvalue weighted by atomic mass is 9.79. The fourth-order valence-corrected chi connectivity index (χ4v) is 4.17. The number of hydrogen-bond donors (Lipinski definition) is 2. The third-order valence-electron chi connectivity index (χ3n) is 5.32. The first-order valence-corrected chi connectivity index (χ1v) is 8.25. The largest absolute Gasteiger partial charge is 0.509 e. The predicted molar refractivity (Wildman–Crippen MR) is 90.3 cm³/mol. The Bertz CT molecular complexity index is 659. The van der Waals surface area contributed by atoms with E-state index in [9.17, 15) is 9.90 Å². The van der Waals surface area contributed by atoms with Crippen molar-refractivity contribution in [3.63, 3.8) is 0 Å². The molecule has 2 N–H and O–H groups in total. The van der Waals surface area contributed by atoms with Gasteiger partial charge in [0.2, 0.25) is 0 Å². The molecule has 23 heavy (non-hydrogen) atoms. The second-order valence-electron chi connectivity index (χ2n) is 6.97. The number of methoxy groups -OCH3 is 1. The van der Waals surface area contributed by atoms with E-state index in [1.807, 2.05) is 20.8 Å². The average Bonchev–Trinajstić information content (AvgIpc) is 2.72. The first-order valence-electron chi connectivity index (χ1n) is 8.25. The molecule has 1 aromatic carbocycles. The minimum Gasteiger partial charge on any atom is -0.509 e. The molecule has 2 aliphatic rings. The summed E-state index contributed by atoms with van der Waals surface area (Å²) < 4.78 is 5.41. The maximum absolute atomic E-state index is 12.6. The first-order chi connectivity index (χ1) is 10.9. The number of aliphatic hydroxyl groups excluding tert-OH is 1. The van der Waals surface area contributed by atoms with Crippen molar-refractivity contribution in [3.05, 3.63) is 40.1 Å². The van der Waals surface area contributed by atoms with Gasteiger partial charge in [-0.25, -0.2) is 0 Å². The summed E-state index contributed by atoms with van der Waals surface area (Å²) in [4.78, 5) is 12.6. The van der Waals surface area contributed by atoms with Crippen molar-refractivity contribution >= 4 is 11.5 Å². The third kappa shape index (κ3) is 2.55. The second-order valence-corrected chi connectivity index (χ2v) is 6.97. The number of hydrogen-bond acceptors (Lipinski definition) is 3. The molecule has 4 nitrogen and oxygen atoms in total. The molecule has 1 aliphatic heterocycles. The van der Waals surface area contributed by atoms with Crippen LogP contribution in [0.25, 0.3) is 5.57 Å². The van der Waals surface area contributed by atoms with Gasteiger partial charge in [0.15, 0.2) is 0 Å². The van der Waals surface area contributed by atoms with Crippen molar-refractivity contribution in [2.24, 2.45) is 0 Å². The fourth-order valence-electron chi connectivity index (χ4n) is 4.17. The van der Waals surface area contributed by atoms with E-state index >= 15 is 0 Å². The van der Waals surface area contributed by atoms with Crippen LogP contribution < -0.4 is 5.32 Å². The summed E-state index contributed by atoms with van der Waals surface area (Å²) in [6.45, 7) is 6.03. The van der Waals surface area contributed by atoms with Crippen LogP contribution in [0.15, 0.2) is 17.9 Å². The summed E-state index contributed by atoms with van der Waals surface area (Å²) in [6, 6.07) is 4.12. The van der Waals surface area contributed by atoms with E-state index in [0.29, 0.717) is 5.57 Å². The molecular formula is C19H25NO3. The molecule has 1 aliphatic carbocycles. The molecule has 4 heteroatoms. The van der Waals surface area contributed by atoms with Crippen LogP contribution in [0, 0.1) is 20.8 Å². The number of amides is 1. The second kappa shape index (κ2) is 5.68. The van der Waals surface area contributed by atoms with Gasteiger partial charge >= 0.3 is 0 Å². The maximum Gasteiger partial charge on any atom is 0.256 e. The van der Waals surface area contributed by atoms with Gasteiger partial charge in [-0.15, -0.1) is 0 Å². The molecule has 1 heterocycles. The van der Waals surface area contributed by atoms with Crippen molar-refractivity contribution in [2.45, 2.75) is 58.1 Å². The van der Waals surface area contributed by atoms with Gasteiger partial charge in [0.1, 0.15) is 5.76 Å². The van der Waals surface area contributed by atoms with E-state index in [2.05, 4.69) is 17.4 Å². The molecule has 1 fully saturated rings. The Morgan fingerprint density at radius 1 is 1.17 bits per heavy atom. The standard InChI is InChI=1S/C19H25NO3/c1-11-9-12(2)15(13(3)10-11)16-17(21)19(20-18(16)22)7-5-14(23-4)6-8-19/h9-10,14,21H,5-8H2,1-4H3,(H,20,22)/t14-,19+. The van der Waals surface area contributed by atoms with Crippen molar-refractivity contribution < 1.29 is 14.6 Å². The maximum atomic E-state index is 12.6. The van der Waals surface area contributed by atoms with Crippen LogP contribution in [0.4, 0.5) is 0 Å². The van der Waals surface area contributed by atoms with Gasteiger partial charge in [0.25, 0.3) is 5.91 Å². The van der Waals surface area contributed by atoms with Crippen LogP contribution in [0.5, 0.6) is 0 Å². The summed E-state index contributed by atoms with van der Waals surface area (Å²) in [7, 11) is 1.72. The average molecular weight is 315 g/mol. The van der Waals surface area contributed by atoms with Crippen molar-refractivity contribution in [2.75, 3.05) is 7.11 Å².